The van der Waals surface area contributed by atoms with Crippen LogP contribution >= 0.6 is 11.6 Å². The first kappa shape index (κ1) is 30.2. The highest BCUT2D eigenvalue weighted by atomic mass is 35.5. The molecule has 1 unspecified atom stereocenters. The van der Waals surface area contributed by atoms with E-state index in [0.717, 1.165) is 17.7 Å². The molecule has 2 aromatic carbocycles. The zero-order valence-corrected chi connectivity index (χ0v) is 23.8. The van der Waals surface area contributed by atoms with E-state index in [1.54, 1.807) is 59.7 Å². The predicted molar refractivity (Wildman–Crippen MR) is 147 cm³/mol. The molecule has 0 bridgehead atoms. The summed E-state index contributed by atoms with van der Waals surface area (Å²) < 4.78 is 35.5. The number of rotatable bonds is 6. The van der Waals surface area contributed by atoms with Gasteiger partial charge in [0.2, 0.25) is 5.91 Å². The molecular formula is C30H33ClF2N2O4. The van der Waals surface area contributed by atoms with Crippen LogP contribution in [0.15, 0.2) is 48.7 Å². The smallest absolute Gasteiger partial charge is 0.309 e. The topological polar surface area (TPSA) is 88.5 Å². The van der Waals surface area contributed by atoms with Crippen LogP contribution in [0, 0.1) is 24.0 Å². The Morgan fingerprint density at radius 2 is 1.62 bits per heavy atom. The Bertz CT molecular complexity index is 1390. The van der Waals surface area contributed by atoms with E-state index in [4.69, 9.17) is 16.3 Å². The summed E-state index contributed by atoms with van der Waals surface area (Å²) in [5, 5.41) is 15.2. The summed E-state index contributed by atoms with van der Waals surface area (Å²) in [4.78, 5) is 30.5. The average Bonchev–Trinajstić information content (AvgIpc) is 2.77. The number of hydrogen-bond acceptors (Lipinski definition) is 5. The second-order valence-corrected chi connectivity index (χ2v) is 11.9. The van der Waals surface area contributed by atoms with Gasteiger partial charge in [0.15, 0.2) is 0 Å². The lowest BCUT2D eigenvalue weighted by molar-refractivity contribution is -0.159. The van der Waals surface area contributed by atoms with E-state index in [2.05, 4.69) is 10.3 Å². The summed E-state index contributed by atoms with van der Waals surface area (Å²) in [5.41, 5.74) is -4.00. The van der Waals surface area contributed by atoms with Crippen LogP contribution in [0.1, 0.15) is 64.7 Å². The summed E-state index contributed by atoms with van der Waals surface area (Å²) in [7, 11) is 0. The highest BCUT2D eigenvalue weighted by Crippen LogP contribution is 2.45. The number of hydrogen-bond donors (Lipinski definition) is 2. The number of amides is 1. The quantitative estimate of drug-likeness (QED) is 0.320. The minimum Gasteiger partial charge on any atom is -0.460 e. The Morgan fingerprint density at radius 3 is 2.15 bits per heavy atom. The Labute approximate surface area is 232 Å². The lowest BCUT2D eigenvalue weighted by Crippen LogP contribution is -2.36. The van der Waals surface area contributed by atoms with Gasteiger partial charge >= 0.3 is 5.97 Å². The zero-order chi connectivity index (χ0) is 29.3. The number of anilines is 1. The number of benzene rings is 2. The molecule has 0 spiro atoms. The lowest BCUT2D eigenvalue weighted by atomic mass is 9.81. The van der Waals surface area contributed by atoms with Gasteiger partial charge in [-0.15, -0.1) is 0 Å². The molecule has 1 aromatic heterocycles. The van der Waals surface area contributed by atoms with Crippen LogP contribution in [0.25, 0.3) is 11.3 Å². The Kier molecular flexibility index (Phi) is 8.53. The van der Waals surface area contributed by atoms with Crippen molar-refractivity contribution in [3.63, 3.8) is 0 Å². The van der Waals surface area contributed by atoms with E-state index in [1.165, 1.54) is 18.3 Å². The monoisotopic (exact) mass is 558 g/mol. The maximum atomic E-state index is 15.0. The summed E-state index contributed by atoms with van der Waals surface area (Å²) >= 11 is 6.58. The maximum Gasteiger partial charge on any atom is 0.309 e. The van der Waals surface area contributed by atoms with Gasteiger partial charge < -0.3 is 15.2 Å². The Hall–Kier alpha value is -3.36. The molecule has 208 valence electrons. The van der Waals surface area contributed by atoms with E-state index >= 15 is 0 Å². The molecule has 3 rings (SSSR count). The van der Waals surface area contributed by atoms with Crippen LogP contribution in [0.4, 0.5) is 14.5 Å². The van der Waals surface area contributed by atoms with Crippen LogP contribution in [0.2, 0.25) is 5.02 Å². The molecule has 0 aliphatic carbocycles. The van der Waals surface area contributed by atoms with Gasteiger partial charge in [-0.3, -0.25) is 14.6 Å². The number of nitrogens with one attached hydrogen (secondary N) is 1. The first-order chi connectivity index (χ1) is 17.9. The number of carbonyl (C=O) groups excluding carboxylic acids is 2. The molecule has 0 fully saturated rings. The third kappa shape index (κ3) is 6.81. The zero-order valence-electron chi connectivity index (χ0n) is 23.1. The highest BCUT2D eigenvalue weighted by molar-refractivity contribution is 6.31. The average molecular weight is 559 g/mol. The number of aryl methyl sites for hydroxylation is 1. The van der Waals surface area contributed by atoms with Crippen molar-refractivity contribution < 1.29 is 28.2 Å². The minimum absolute atomic E-state index is 0.0376. The molecule has 0 saturated heterocycles. The van der Waals surface area contributed by atoms with E-state index < -0.39 is 52.1 Å². The number of aliphatic hydroxyl groups is 1. The number of halogens is 3. The molecule has 0 aliphatic rings. The molecule has 9 heteroatoms. The van der Waals surface area contributed by atoms with E-state index in [-0.39, 0.29) is 27.5 Å². The van der Waals surface area contributed by atoms with Crippen LogP contribution in [0.3, 0.4) is 0 Å². The molecular weight excluding hydrogens is 526 g/mol. The fourth-order valence-electron chi connectivity index (χ4n) is 4.03. The normalized spacial score (nSPS) is 13.5. The highest BCUT2D eigenvalue weighted by Gasteiger charge is 2.41. The van der Waals surface area contributed by atoms with Gasteiger partial charge in [0.25, 0.3) is 0 Å². The molecule has 1 heterocycles. The van der Waals surface area contributed by atoms with Gasteiger partial charge in [-0.1, -0.05) is 50.6 Å². The molecule has 0 aliphatic heterocycles. The first-order valence-corrected chi connectivity index (χ1v) is 12.8. The molecule has 6 nitrogen and oxygen atoms in total. The van der Waals surface area contributed by atoms with Crippen LogP contribution in [-0.2, 0) is 19.9 Å². The number of aromatic nitrogens is 1. The summed E-state index contributed by atoms with van der Waals surface area (Å²) in [5.74, 6) is -3.11. The summed E-state index contributed by atoms with van der Waals surface area (Å²) in [6, 6.07) is 9.58. The van der Waals surface area contributed by atoms with Crippen molar-refractivity contribution >= 4 is 29.2 Å². The second kappa shape index (κ2) is 11.0. The predicted octanol–water partition coefficient (Wildman–Crippen LogP) is 6.94. The fraction of sp³-hybridized carbons (Fsp3) is 0.367. The van der Waals surface area contributed by atoms with Crippen molar-refractivity contribution in [1.82, 2.24) is 4.98 Å². The van der Waals surface area contributed by atoms with E-state index in [0.29, 0.717) is 0 Å². The molecule has 1 amide bonds. The largest absolute Gasteiger partial charge is 0.460 e. The standard InChI is InChI=1S/C30H33ClF2N2O4/c1-17-11-12-18(20(31)15-17)30(38,16-23(36)39-29(5,6)7)19-13-14-34-26(24-21(32)9-8-10-22(24)33)25(19)35-27(37)28(2,3)4/h8-15,38H,16H2,1-7H3,(H,35,37). The van der Waals surface area contributed by atoms with E-state index in [1.807, 2.05) is 6.92 Å². The number of ether oxygens (including phenoxy) is 1. The van der Waals surface area contributed by atoms with Gasteiger partial charge in [-0.05, 0) is 57.5 Å². The van der Waals surface area contributed by atoms with Crippen molar-refractivity contribution in [3.05, 3.63) is 82.0 Å². The Balaban J connectivity index is 2.40. The summed E-state index contributed by atoms with van der Waals surface area (Å²) in [6.45, 7) is 11.8. The van der Waals surface area contributed by atoms with Gasteiger partial charge in [0.05, 0.1) is 17.7 Å². The SMILES string of the molecule is Cc1ccc(C(O)(CC(=O)OC(C)(C)C)c2ccnc(-c3c(F)cccc3F)c2NC(=O)C(C)(C)C)c(Cl)c1. The molecule has 2 N–H and O–H groups in total. The maximum absolute atomic E-state index is 15.0. The van der Waals surface area contributed by atoms with E-state index in [9.17, 15) is 23.5 Å². The molecule has 3 aromatic rings. The number of nitrogens with zero attached hydrogens (tertiary/aromatic N) is 1. The molecule has 0 radical (unpaired) electrons. The lowest BCUT2D eigenvalue weighted by Gasteiger charge is -2.33. The van der Waals surface area contributed by atoms with Crippen LogP contribution in [0.5, 0.6) is 0 Å². The second-order valence-electron chi connectivity index (χ2n) is 11.5. The van der Waals surface area contributed by atoms with Crippen LogP contribution < -0.4 is 5.32 Å². The fourth-order valence-corrected chi connectivity index (χ4v) is 4.42. The number of esters is 1. The first-order valence-electron chi connectivity index (χ1n) is 12.4. The molecule has 0 saturated carbocycles. The third-order valence-corrected chi connectivity index (χ3v) is 6.22. The number of carbonyl (C=O) groups is 2. The van der Waals surface area contributed by atoms with Crippen molar-refractivity contribution in [2.45, 2.75) is 66.1 Å². The minimum atomic E-state index is -2.19. The number of pyridine rings is 1. The molecule has 39 heavy (non-hydrogen) atoms. The van der Waals surface area contributed by atoms with Gasteiger partial charge in [0.1, 0.15) is 28.5 Å². The van der Waals surface area contributed by atoms with Crippen molar-refractivity contribution in [2.75, 3.05) is 5.32 Å². The van der Waals surface area contributed by atoms with Gasteiger partial charge in [-0.25, -0.2) is 8.78 Å². The van der Waals surface area contributed by atoms with Crippen LogP contribution in [-0.4, -0.2) is 27.6 Å². The van der Waals surface area contributed by atoms with Crippen molar-refractivity contribution in [2.24, 2.45) is 5.41 Å². The van der Waals surface area contributed by atoms with Gasteiger partial charge in [0, 0.05) is 27.8 Å². The van der Waals surface area contributed by atoms with Crippen molar-refractivity contribution in [1.29, 1.82) is 0 Å². The van der Waals surface area contributed by atoms with Gasteiger partial charge in [-0.2, -0.15) is 0 Å². The molecule has 1 atom stereocenters. The third-order valence-electron chi connectivity index (χ3n) is 5.91. The van der Waals surface area contributed by atoms with Crippen molar-refractivity contribution in [3.8, 4) is 11.3 Å². The summed E-state index contributed by atoms with van der Waals surface area (Å²) in [6.07, 6.45) is 0.625. The Morgan fingerprint density at radius 1 is 1.00 bits per heavy atom.